The monoisotopic (exact) mass is 173 g/mol. The molecule has 0 spiro atoms. The number of unbranched alkanes of at least 4 members (excludes halogenated alkanes) is 2. The van der Waals surface area contributed by atoms with E-state index in [0.29, 0.717) is 5.84 Å². The lowest BCUT2D eigenvalue weighted by Gasteiger charge is -2.12. The van der Waals surface area contributed by atoms with Crippen molar-refractivity contribution >= 4 is 5.84 Å². The SMILES string of the molecule is CC(=N)NC(N)CCCCCO. The van der Waals surface area contributed by atoms with Crippen LogP contribution in [0, 0.1) is 5.41 Å². The van der Waals surface area contributed by atoms with Crippen molar-refractivity contribution in [2.45, 2.75) is 38.8 Å². The smallest absolute Gasteiger partial charge is 0.0911 e. The fraction of sp³-hybridized carbons (Fsp3) is 0.875. The summed E-state index contributed by atoms with van der Waals surface area (Å²) in [4.78, 5) is 0. The molecule has 1 unspecified atom stereocenters. The summed E-state index contributed by atoms with van der Waals surface area (Å²) in [5.41, 5.74) is 5.64. The molecule has 0 aromatic carbocycles. The van der Waals surface area contributed by atoms with Crippen LogP contribution < -0.4 is 11.1 Å². The van der Waals surface area contributed by atoms with Crippen molar-refractivity contribution in [3.8, 4) is 0 Å². The van der Waals surface area contributed by atoms with Crippen LogP contribution >= 0.6 is 0 Å². The van der Waals surface area contributed by atoms with Crippen LogP contribution in [-0.4, -0.2) is 23.7 Å². The van der Waals surface area contributed by atoms with Crippen LogP contribution in [0.25, 0.3) is 0 Å². The fourth-order valence-electron chi connectivity index (χ4n) is 1.00. The van der Waals surface area contributed by atoms with Crippen LogP contribution in [0.15, 0.2) is 0 Å². The summed E-state index contributed by atoms with van der Waals surface area (Å²) in [7, 11) is 0. The largest absolute Gasteiger partial charge is 0.396 e. The van der Waals surface area contributed by atoms with E-state index in [9.17, 15) is 0 Å². The molecule has 0 radical (unpaired) electrons. The Bertz CT molecular complexity index is 127. The van der Waals surface area contributed by atoms with Crippen molar-refractivity contribution in [2.24, 2.45) is 5.73 Å². The van der Waals surface area contributed by atoms with E-state index < -0.39 is 0 Å². The molecule has 0 aliphatic carbocycles. The quantitative estimate of drug-likeness (QED) is 0.203. The first-order chi connectivity index (χ1) is 5.66. The Morgan fingerprint density at radius 3 is 2.67 bits per heavy atom. The minimum atomic E-state index is -0.110. The van der Waals surface area contributed by atoms with Gasteiger partial charge in [0.05, 0.1) is 12.0 Å². The number of hydrogen-bond donors (Lipinski definition) is 4. The normalized spacial score (nSPS) is 12.6. The number of aliphatic hydroxyl groups excluding tert-OH is 1. The molecule has 0 aliphatic rings. The zero-order valence-corrected chi connectivity index (χ0v) is 7.64. The fourth-order valence-corrected chi connectivity index (χ4v) is 1.00. The number of aliphatic hydroxyl groups is 1. The Hall–Kier alpha value is -0.610. The van der Waals surface area contributed by atoms with E-state index >= 15 is 0 Å². The predicted octanol–water partition coefficient (Wildman–Crippen LogP) is 0.411. The lowest BCUT2D eigenvalue weighted by molar-refractivity contribution is 0.281. The molecular formula is C8H19N3O. The van der Waals surface area contributed by atoms with Gasteiger partial charge in [0, 0.05) is 6.61 Å². The highest BCUT2D eigenvalue weighted by Gasteiger charge is 2.00. The van der Waals surface area contributed by atoms with Gasteiger partial charge in [-0.2, -0.15) is 0 Å². The van der Waals surface area contributed by atoms with Crippen LogP contribution in [0.5, 0.6) is 0 Å². The third-order valence-electron chi connectivity index (χ3n) is 1.58. The Kier molecular flexibility index (Phi) is 6.70. The molecule has 0 fully saturated rings. The molecule has 0 aromatic heterocycles. The minimum Gasteiger partial charge on any atom is -0.396 e. The topological polar surface area (TPSA) is 82.1 Å². The van der Waals surface area contributed by atoms with Crippen molar-refractivity contribution in [1.29, 1.82) is 5.41 Å². The summed E-state index contributed by atoms with van der Waals surface area (Å²) >= 11 is 0. The van der Waals surface area contributed by atoms with Gasteiger partial charge in [0.15, 0.2) is 0 Å². The summed E-state index contributed by atoms with van der Waals surface area (Å²) < 4.78 is 0. The van der Waals surface area contributed by atoms with Crippen LogP contribution in [0.4, 0.5) is 0 Å². The second-order valence-corrected chi connectivity index (χ2v) is 2.95. The molecule has 0 bridgehead atoms. The average Bonchev–Trinajstić information content (AvgIpc) is 1.97. The van der Waals surface area contributed by atoms with Gasteiger partial charge in [-0.3, -0.25) is 5.41 Å². The van der Waals surface area contributed by atoms with Gasteiger partial charge in [0.2, 0.25) is 0 Å². The third-order valence-corrected chi connectivity index (χ3v) is 1.58. The molecule has 12 heavy (non-hydrogen) atoms. The standard InChI is InChI=1S/C8H19N3O/c1-7(9)11-8(10)5-3-2-4-6-12/h8,12H,2-6,10H2,1H3,(H2,9,11). The summed E-state index contributed by atoms with van der Waals surface area (Å²) in [5.74, 6) is 0.407. The molecule has 4 nitrogen and oxygen atoms in total. The van der Waals surface area contributed by atoms with Crippen LogP contribution in [-0.2, 0) is 0 Å². The zero-order chi connectivity index (χ0) is 9.40. The summed E-state index contributed by atoms with van der Waals surface area (Å²) in [5, 5.41) is 18.4. The van der Waals surface area contributed by atoms with Crippen molar-refractivity contribution in [3.05, 3.63) is 0 Å². The van der Waals surface area contributed by atoms with Gasteiger partial charge in [0.25, 0.3) is 0 Å². The van der Waals surface area contributed by atoms with Crippen LogP contribution in [0.3, 0.4) is 0 Å². The molecule has 4 heteroatoms. The average molecular weight is 173 g/mol. The molecular weight excluding hydrogens is 154 g/mol. The summed E-state index contributed by atoms with van der Waals surface area (Å²) in [6.07, 6.45) is 3.60. The summed E-state index contributed by atoms with van der Waals surface area (Å²) in [6, 6.07) is 0. The van der Waals surface area contributed by atoms with Gasteiger partial charge in [-0.1, -0.05) is 6.42 Å². The summed E-state index contributed by atoms with van der Waals surface area (Å²) in [6.45, 7) is 1.93. The maximum Gasteiger partial charge on any atom is 0.0911 e. The molecule has 72 valence electrons. The highest BCUT2D eigenvalue weighted by molar-refractivity contribution is 5.76. The molecule has 0 aromatic rings. The van der Waals surface area contributed by atoms with Crippen molar-refractivity contribution in [3.63, 3.8) is 0 Å². The Labute approximate surface area is 73.7 Å². The highest BCUT2D eigenvalue weighted by Crippen LogP contribution is 1.99. The lowest BCUT2D eigenvalue weighted by atomic mass is 10.2. The predicted molar refractivity (Wildman–Crippen MR) is 50.1 cm³/mol. The number of nitrogens with two attached hydrogens (primary N) is 1. The first-order valence-electron chi connectivity index (χ1n) is 4.35. The molecule has 1 atom stereocenters. The second-order valence-electron chi connectivity index (χ2n) is 2.95. The number of hydrogen-bond acceptors (Lipinski definition) is 3. The number of amidine groups is 1. The zero-order valence-electron chi connectivity index (χ0n) is 7.64. The molecule has 0 rings (SSSR count). The van der Waals surface area contributed by atoms with Gasteiger partial charge in [-0.25, -0.2) is 0 Å². The third kappa shape index (κ3) is 7.50. The highest BCUT2D eigenvalue weighted by atomic mass is 16.2. The van der Waals surface area contributed by atoms with Gasteiger partial charge >= 0.3 is 0 Å². The maximum absolute atomic E-state index is 8.50. The van der Waals surface area contributed by atoms with Gasteiger partial charge in [0.1, 0.15) is 0 Å². The lowest BCUT2D eigenvalue weighted by Crippen LogP contribution is -2.39. The van der Waals surface area contributed by atoms with Gasteiger partial charge in [-0.05, 0) is 26.2 Å². The molecule has 0 heterocycles. The Morgan fingerprint density at radius 2 is 2.17 bits per heavy atom. The maximum atomic E-state index is 8.50. The first-order valence-corrected chi connectivity index (χ1v) is 4.35. The van der Waals surface area contributed by atoms with E-state index in [1.54, 1.807) is 6.92 Å². The van der Waals surface area contributed by atoms with E-state index in [4.69, 9.17) is 16.2 Å². The molecule has 5 N–H and O–H groups in total. The number of rotatable bonds is 6. The second kappa shape index (κ2) is 7.06. The van der Waals surface area contributed by atoms with Crippen molar-refractivity contribution in [2.75, 3.05) is 6.61 Å². The molecule has 0 amide bonds. The van der Waals surface area contributed by atoms with Gasteiger partial charge < -0.3 is 16.2 Å². The van der Waals surface area contributed by atoms with Crippen LogP contribution in [0.2, 0.25) is 0 Å². The molecule has 0 aliphatic heterocycles. The first kappa shape index (κ1) is 11.4. The van der Waals surface area contributed by atoms with E-state index in [1.165, 1.54) is 0 Å². The van der Waals surface area contributed by atoms with Crippen molar-refractivity contribution in [1.82, 2.24) is 5.32 Å². The van der Waals surface area contributed by atoms with E-state index in [-0.39, 0.29) is 12.8 Å². The molecule has 0 saturated heterocycles. The van der Waals surface area contributed by atoms with E-state index in [1.807, 2.05) is 0 Å². The van der Waals surface area contributed by atoms with Crippen molar-refractivity contribution < 1.29 is 5.11 Å². The van der Waals surface area contributed by atoms with E-state index in [0.717, 1.165) is 25.7 Å². The minimum absolute atomic E-state index is 0.110. The van der Waals surface area contributed by atoms with E-state index in [2.05, 4.69) is 5.32 Å². The van der Waals surface area contributed by atoms with Gasteiger partial charge in [-0.15, -0.1) is 0 Å². The Balaban J connectivity index is 3.19. The number of nitrogens with one attached hydrogen (secondary N) is 2. The van der Waals surface area contributed by atoms with Crippen LogP contribution in [0.1, 0.15) is 32.6 Å². The Morgan fingerprint density at radius 1 is 1.50 bits per heavy atom. The molecule has 0 saturated carbocycles.